The molecule has 5 nitrogen and oxygen atoms in total. The van der Waals surface area contributed by atoms with Gasteiger partial charge >= 0.3 is 6.03 Å². The summed E-state index contributed by atoms with van der Waals surface area (Å²) in [6.45, 7) is 6.15. The SMILES string of the molecule is CCN(C(=O)NCc1ccccc1CN1CCC(O)CC1)C1CC1. The molecule has 0 unspecified atom stereocenters. The lowest BCUT2D eigenvalue weighted by Gasteiger charge is -2.30. The predicted octanol–water partition coefficient (Wildman–Crippen LogP) is 2.34. The molecule has 1 aromatic rings. The molecule has 2 N–H and O–H groups in total. The summed E-state index contributed by atoms with van der Waals surface area (Å²) in [5.41, 5.74) is 2.45. The van der Waals surface area contributed by atoms with E-state index in [0.29, 0.717) is 12.6 Å². The van der Waals surface area contributed by atoms with E-state index in [2.05, 4.69) is 28.4 Å². The lowest BCUT2D eigenvalue weighted by molar-refractivity contribution is 0.0791. The molecule has 2 amide bonds. The summed E-state index contributed by atoms with van der Waals surface area (Å²) in [5.74, 6) is 0. The van der Waals surface area contributed by atoms with Crippen LogP contribution in [0.3, 0.4) is 0 Å². The van der Waals surface area contributed by atoms with Crippen molar-refractivity contribution in [3.8, 4) is 0 Å². The fourth-order valence-corrected chi connectivity index (χ4v) is 3.43. The zero-order valence-corrected chi connectivity index (χ0v) is 14.6. The monoisotopic (exact) mass is 331 g/mol. The standard InChI is InChI=1S/C19H29N3O2/c1-2-22(17-7-8-17)19(24)20-13-15-5-3-4-6-16(15)14-21-11-9-18(23)10-12-21/h3-6,17-18,23H,2,7-14H2,1H3,(H,20,24). The number of nitrogens with one attached hydrogen (secondary N) is 1. The highest BCUT2D eigenvalue weighted by atomic mass is 16.3. The number of amides is 2. The summed E-state index contributed by atoms with van der Waals surface area (Å²) in [4.78, 5) is 16.7. The summed E-state index contributed by atoms with van der Waals surface area (Å²) in [7, 11) is 0. The van der Waals surface area contributed by atoms with Gasteiger partial charge in [-0.3, -0.25) is 4.90 Å². The van der Waals surface area contributed by atoms with E-state index >= 15 is 0 Å². The van der Waals surface area contributed by atoms with Gasteiger partial charge < -0.3 is 15.3 Å². The number of aliphatic hydroxyl groups excluding tert-OH is 1. The largest absolute Gasteiger partial charge is 0.393 e. The van der Waals surface area contributed by atoms with E-state index in [9.17, 15) is 9.90 Å². The van der Waals surface area contributed by atoms with Gasteiger partial charge in [0.05, 0.1) is 6.10 Å². The van der Waals surface area contributed by atoms with Crippen LogP contribution in [-0.4, -0.2) is 52.7 Å². The van der Waals surface area contributed by atoms with Crippen molar-refractivity contribution in [1.29, 1.82) is 0 Å². The zero-order valence-electron chi connectivity index (χ0n) is 14.6. The van der Waals surface area contributed by atoms with Crippen LogP contribution in [0.2, 0.25) is 0 Å². The van der Waals surface area contributed by atoms with Crippen molar-refractivity contribution in [2.45, 2.75) is 57.8 Å². The average molecular weight is 331 g/mol. The number of carbonyl (C=O) groups excluding carboxylic acids is 1. The van der Waals surface area contributed by atoms with Crippen LogP contribution in [0.1, 0.15) is 43.7 Å². The number of piperidine rings is 1. The lowest BCUT2D eigenvalue weighted by Crippen LogP contribution is -2.41. The minimum atomic E-state index is -0.141. The van der Waals surface area contributed by atoms with Crippen LogP contribution in [0.5, 0.6) is 0 Å². The number of urea groups is 1. The molecule has 2 aliphatic rings. The van der Waals surface area contributed by atoms with Crippen LogP contribution in [0.15, 0.2) is 24.3 Å². The average Bonchev–Trinajstić information content (AvgIpc) is 3.42. The van der Waals surface area contributed by atoms with Crippen molar-refractivity contribution < 1.29 is 9.90 Å². The molecule has 1 aliphatic carbocycles. The molecule has 0 aromatic heterocycles. The van der Waals surface area contributed by atoms with E-state index in [-0.39, 0.29) is 12.1 Å². The summed E-state index contributed by atoms with van der Waals surface area (Å²) < 4.78 is 0. The molecular weight excluding hydrogens is 302 g/mol. The third-order valence-corrected chi connectivity index (χ3v) is 5.09. The number of likely N-dealkylation sites (tertiary alicyclic amines) is 1. The Balaban J connectivity index is 1.56. The number of rotatable bonds is 6. The third kappa shape index (κ3) is 4.48. The van der Waals surface area contributed by atoms with E-state index in [0.717, 1.165) is 51.9 Å². The quantitative estimate of drug-likeness (QED) is 0.841. The lowest BCUT2D eigenvalue weighted by atomic mass is 10.0. The number of hydrogen-bond acceptors (Lipinski definition) is 3. The van der Waals surface area contributed by atoms with Crippen LogP contribution in [0.4, 0.5) is 4.79 Å². The molecule has 1 aromatic carbocycles. The number of carbonyl (C=O) groups is 1. The Hall–Kier alpha value is -1.59. The second-order valence-electron chi connectivity index (χ2n) is 6.95. The first kappa shape index (κ1) is 17.2. The van der Waals surface area contributed by atoms with E-state index < -0.39 is 0 Å². The van der Waals surface area contributed by atoms with Gasteiger partial charge in [-0.1, -0.05) is 24.3 Å². The van der Waals surface area contributed by atoms with Gasteiger partial charge in [0, 0.05) is 38.8 Å². The fourth-order valence-electron chi connectivity index (χ4n) is 3.43. The van der Waals surface area contributed by atoms with Crippen molar-refractivity contribution in [1.82, 2.24) is 15.1 Å². The van der Waals surface area contributed by atoms with E-state index in [1.165, 1.54) is 11.1 Å². The van der Waals surface area contributed by atoms with Crippen LogP contribution in [-0.2, 0) is 13.1 Å². The highest BCUT2D eigenvalue weighted by Gasteiger charge is 2.31. The predicted molar refractivity (Wildman–Crippen MR) is 94.6 cm³/mol. The molecule has 1 saturated carbocycles. The number of benzene rings is 1. The summed E-state index contributed by atoms with van der Waals surface area (Å²) in [6, 6.07) is 8.83. The van der Waals surface area contributed by atoms with Crippen molar-refractivity contribution in [3.63, 3.8) is 0 Å². The van der Waals surface area contributed by atoms with Crippen molar-refractivity contribution in [2.24, 2.45) is 0 Å². The molecule has 2 fully saturated rings. The Morgan fingerprint density at radius 3 is 2.50 bits per heavy atom. The maximum absolute atomic E-state index is 12.3. The molecule has 1 aliphatic heterocycles. The molecule has 132 valence electrons. The highest BCUT2D eigenvalue weighted by molar-refractivity contribution is 5.74. The molecular formula is C19H29N3O2. The Morgan fingerprint density at radius 1 is 1.21 bits per heavy atom. The minimum absolute atomic E-state index is 0.0518. The van der Waals surface area contributed by atoms with Gasteiger partial charge in [0.15, 0.2) is 0 Å². The molecule has 0 radical (unpaired) electrons. The minimum Gasteiger partial charge on any atom is -0.393 e. The van der Waals surface area contributed by atoms with E-state index in [1.54, 1.807) is 0 Å². The number of hydrogen-bond donors (Lipinski definition) is 2. The number of nitrogens with zero attached hydrogens (tertiary/aromatic N) is 2. The van der Waals surface area contributed by atoms with Crippen LogP contribution in [0.25, 0.3) is 0 Å². The van der Waals surface area contributed by atoms with Crippen molar-refractivity contribution >= 4 is 6.03 Å². The maximum atomic E-state index is 12.3. The molecule has 3 rings (SSSR count). The summed E-state index contributed by atoms with van der Waals surface area (Å²) in [6.07, 6.45) is 3.84. The first-order chi connectivity index (χ1) is 11.7. The normalized spacial score (nSPS) is 19.2. The summed E-state index contributed by atoms with van der Waals surface area (Å²) >= 11 is 0. The first-order valence-electron chi connectivity index (χ1n) is 9.19. The molecule has 1 saturated heterocycles. The highest BCUT2D eigenvalue weighted by Crippen LogP contribution is 2.26. The van der Waals surface area contributed by atoms with Gasteiger partial charge in [-0.05, 0) is 43.7 Å². The van der Waals surface area contributed by atoms with Gasteiger partial charge in [-0.2, -0.15) is 0 Å². The van der Waals surface area contributed by atoms with Crippen molar-refractivity contribution in [2.75, 3.05) is 19.6 Å². The molecule has 0 bridgehead atoms. The maximum Gasteiger partial charge on any atom is 0.317 e. The Bertz CT molecular complexity index is 551. The third-order valence-electron chi connectivity index (χ3n) is 5.09. The zero-order chi connectivity index (χ0) is 16.9. The molecule has 5 heteroatoms. The molecule has 0 spiro atoms. The van der Waals surface area contributed by atoms with Crippen molar-refractivity contribution in [3.05, 3.63) is 35.4 Å². The second-order valence-corrected chi connectivity index (χ2v) is 6.95. The molecule has 24 heavy (non-hydrogen) atoms. The Morgan fingerprint density at radius 2 is 1.88 bits per heavy atom. The first-order valence-corrected chi connectivity index (χ1v) is 9.19. The van der Waals surface area contributed by atoms with Crippen LogP contribution < -0.4 is 5.32 Å². The van der Waals surface area contributed by atoms with E-state index in [1.807, 2.05) is 17.9 Å². The molecule has 0 atom stereocenters. The topological polar surface area (TPSA) is 55.8 Å². The second kappa shape index (κ2) is 7.99. The molecule has 1 heterocycles. The van der Waals surface area contributed by atoms with Gasteiger partial charge in [0.25, 0.3) is 0 Å². The van der Waals surface area contributed by atoms with E-state index in [4.69, 9.17) is 0 Å². The smallest absolute Gasteiger partial charge is 0.317 e. The Labute approximate surface area is 144 Å². The van der Waals surface area contributed by atoms with Crippen LogP contribution in [0, 0.1) is 0 Å². The summed E-state index contributed by atoms with van der Waals surface area (Å²) in [5, 5.41) is 12.7. The number of aliphatic hydroxyl groups is 1. The van der Waals surface area contributed by atoms with Crippen LogP contribution >= 0.6 is 0 Å². The fraction of sp³-hybridized carbons (Fsp3) is 0.632. The van der Waals surface area contributed by atoms with Gasteiger partial charge in [0.1, 0.15) is 0 Å². The van der Waals surface area contributed by atoms with Gasteiger partial charge in [-0.25, -0.2) is 4.79 Å². The Kier molecular flexibility index (Phi) is 5.74. The van der Waals surface area contributed by atoms with Gasteiger partial charge in [0.2, 0.25) is 0 Å². The van der Waals surface area contributed by atoms with Gasteiger partial charge in [-0.15, -0.1) is 0 Å².